The number of nitrogens with one attached hydrogen (secondary N) is 2. The summed E-state index contributed by atoms with van der Waals surface area (Å²) in [6, 6.07) is 8.64. The minimum absolute atomic E-state index is 0.101. The van der Waals surface area contributed by atoms with Gasteiger partial charge >= 0.3 is 0 Å². The van der Waals surface area contributed by atoms with Crippen molar-refractivity contribution >= 4 is 23.5 Å². The van der Waals surface area contributed by atoms with Crippen molar-refractivity contribution in [1.29, 1.82) is 0 Å². The number of β-amino-alcohol motifs (C(OH)–C–C–N with tert-alkyl or cyclic N) is 3. The number of benzene rings is 1. The van der Waals surface area contributed by atoms with Gasteiger partial charge in [-0.25, -0.2) is 0 Å². The van der Waals surface area contributed by atoms with Crippen LogP contribution >= 0.6 is 0 Å². The molecule has 0 radical (unpaired) electrons. The average Bonchev–Trinajstić information content (AvgIpc) is 3.04. The molecule has 2 saturated heterocycles. The molecule has 2 aliphatic rings. The van der Waals surface area contributed by atoms with Gasteiger partial charge in [0.1, 0.15) is 0 Å². The first-order valence-electron chi connectivity index (χ1n) is 16.3. The molecule has 3 heterocycles. The lowest BCUT2D eigenvalue weighted by atomic mass is 10.0. The first-order valence-corrected chi connectivity index (χ1v) is 16.3. The Morgan fingerprint density at radius 1 is 0.689 bits per heavy atom. The number of hydrogen-bond acceptors (Lipinski definition) is 14. The molecular weight excluding hydrogens is 574 g/mol. The third kappa shape index (κ3) is 11.3. The van der Waals surface area contributed by atoms with Crippen molar-refractivity contribution in [2.24, 2.45) is 0 Å². The van der Waals surface area contributed by atoms with Crippen LogP contribution < -0.4 is 15.5 Å². The molecule has 2 aliphatic heterocycles. The molecule has 5 N–H and O–H groups in total. The summed E-state index contributed by atoms with van der Waals surface area (Å²) in [6.07, 6.45) is 0.841. The van der Waals surface area contributed by atoms with Gasteiger partial charge in [0.2, 0.25) is 17.8 Å². The van der Waals surface area contributed by atoms with Crippen molar-refractivity contribution in [2.45, 2.75) is 12.5 Å². The van der Waals surface area contributed by atoms with E-state index in [4.69, 9.17) is 4.98 Å². The second kappa shape index (κ2) is 18.5. The maximum absolute atomic E-state index is 9.97. The van der Waals surface area contributed by atoms with Crippen LogP contribution in [0.1, 0.15) is 5.56 Å². The van der Waals surface area contributed by atoms with Crippen molar-refractivity contribution in [3.63, 3.8) is 0 Å². The van der Waals surface area contributed by atoms with E-state index in [0.717, 1.165) is 84.1 Å². The van der Waals surface area contributed by atoms with Gasteiger partial charge in [-0.3, -0.25) is 14.7 Å². The van der Waals surface area contributed by atoms with Gasteiger partial charge in [-0.2, -0.15) is 15.0 Å². The Balaban J connectivity index is 1.46. The van der Waals surface area contributed by atoms with Crippen molar-refractivity contribution in [3.05, 3.63) is 29.8 Å². The summed E-state index contributed by atoms with van der Waals surface area (Å²) in [6.45, 7) is 11.9. The number of likely N-dealkylation sites (N-methyl/N-ethyl adjacent to an activating group) is 2. The van der Waals surface area contributed by atoms with Crippen LogP contribution in [0.15, 0.2) is 24.3 Å². The summed E-state index contributed by atoms with van der Waals surface area (Å²) >= 11 is 0. The van der Waals surface area contributed by atoms with E-state index in [1.54, 1.807) is 0 Å². The first-order chi connectivity index (χ1) is 21.9. The molecule has 0 bridgehead atoms. The lowest BCUT2D eigenvalue weighted by Gasteiger charge is -2.37. The summed E-state index contributed by atoms with van der Waals surface area (Å²) in [7, 11) is 6.10. The molecule has 0 aliphatic carbocycles. The number of anilines is 4. The fraction of sp³-hybridized carbons (Fsp3) is 0.710. The van der Waals surface area contributed by atoms with Gasteiger partial charge in [0, 0.05) is 110 Å². The molecule has 0 amide bonds. The zero-order chi connectivity index (χ0) is 32.0. The molecule has 2 fully saturated rings. The first kappa shape index (κ1) is 35.2. The third-order valence-corrected chi connectivity index (χ3v) is 8.81. The molecule has 2 aromatic rings. The van der Waals surface area contributed by atoms with E-state index in [0.29, 0.717) is 37.5 Å². The highest BCUT2D eigenvalue weighted by atomic mass is 16.3. The van der Waals surface area contributed by atoms with Crippen molar-refractivity contribution < 1.29 is 15.3 Å². The average molecular weight is 630 g/mol. The largest absolute Gasteiger partial charge is 0.395 e. The monoisotopic (exact) mass is 629 g/mol. The highest BCUT2D eigenvalue weighted by Gasteiger charge is 2.23. The molecule has 4 rings (SSSR count). The van der Waals surface area contributed by atoms with Gasteiger partial charge in [0.25, 0.3) is 0 Å². The number of aliphatic hydroxyl groups excluding tert-OH is 3. The fourth-order valence-corrected chi connectivity index (χ4v) is 5.99. The standard InChI is InChI=1S/C31H55N11O3/c1-32-29-34-30(36-31(35-29)42-15-9-37(2)10-16-42)33-27-6-4-26(5-7-27)24-28-25-38(3)8-11-39(18-21-43)12-13-40(19-22-44)14-17-41(28)20-23-45/h4-7,28,43-45H,8-25H2,1-3H3,(H2,32,33,34,35,36). The Kier molecular flexibility index (Phi) is 14.4. The quantitative estimate of drug-likeness (QED) is 0.199. The molecule has 14 nitrogen and oxygen atoms in total. The molecule has 14 heteroatoms. The Morgan fingerprint density at radius 3 is 1.89 bits per heavy atom. The van der Waals surface area contributed by atoms with E-state index >= 15 is 0 Å². The van der Waals surface area contributed by atoms with E-state index in [2.05, 4.69) is 88.4 Å². The fourth-order valence-electron chi connectivity index (χ4n) is 5.99. The van der Waals surface area contributed by atoms with E-state index < -0.39 is 0 Å². The lowest BCUT2D eigenvalue weighted by molar-refractivity contribution is 0.0822. The number of rotatable bonds is 12. The van der Waals surface area contributed by atoms with E-state index in [1.807, 2.05) is 7.05 Å². The molecule has 1 aromatic carbocycles. The van der Waals surface area contributed by atoms with Crippen LogP contribution in [0.4, 0.5) is 23.5 Å². The Labute approximate surface area is 268 Å². The van der Waals surface area contributed by atoms with Crippen molar-refractivity contribution in [1.82, 2.24) is 39.5 Å². The van der Waals surface area contributed by atoms with Gasteiger partial charge in [0.05, 0.1) is 19.8 Å². The van der Waals surface area contributed by atoms with Gasteiger partial charge in [-0.05, 0) is 38.2 Å². The molecule has 0 saturated carbocycles. The second-order valence-corrected chi connectivity index (χ2v) is 12.2. The number of piperazine rings is 1. The second-order valence-electron chi connectivity index (χ2n) is 12.2. The predicted molar refractivity (Wildman–Crippen MR) is 180 cm³/mol. The highest BCUT2D eigenvalue weighted by molar-refractivity contribution is 5.56. The SMILES string of the molecule is CNc1nc(Nc2ccc(CC3CN(C)CCN(CCO)CCN(CCO)CCN3CCO)cc2)nc(N2CCN(C)CC2)n1. The van der Waals surface area contributed by atoms with Crippen LogP contribution in [0, 0.1) is 0 Å². The van der Waals surface area contributed by atoms with E-state index in [1.165, 1.54) is 5.56 Å². The third-order valence-electron chi connectivity index (χ3n) is 8.81. The van der Waals surface area contributed by atoms with Crippen LogP contribution in [-0.2, 0) is 6.42 Å². The van der Waals surface area contributed by atoms with Crippen molar-refractivity contribution in [3.8, 4) is 0 Å². The number of aromatic nitrogens is 3. The molecule has 45 heavy (non-hydrogen) atoms. The molecule has 1 atom stereocenters. The molecule has 1 unspecified atom stereocenters. The van der Waals surface area contributed by atoms with Gasteiger partial charge < -0.3 is 40.7 Å². The molecule has 252 valence electrons. The highest BCUT2D eigenvalue weighted by Crippen LogP contribution is 2.20. The minimum atomic E-state index is 0.101. The summed E-state index contributed by atoms with van der Waals surface area (Å²) in [4.78, 5) is 27.7. The topological polar surface area (TPSA) is 143 Å². The van der Waals surface area contributed by atoms with E-state index in [9.17, 15) is 15.3 Å². The summed E-state index contributed by atoms with van der Waals surface area (Å²) in [5.74, 6) is 1.72. The zero-order valence-electron chi connectivity index (χ0n) is 27.5. The van der Waals surface area contributed by atoms with Crippen LogP contribution in [0.5, 0.6) is 0 Å². The minimum Gasteiger partial charge on any atom is -0.395 e. The molecule has 0 spiro atoms. The summed E-state index contributed by atoms with van der Waals surface area (Å²) in [5.41, 5.74) is 2.12. The number of aliphatic hydroxyl groups is 3. The van der Waals surface area contributed by atoms with Crippen LogP contribution in [-0.4, -0.2) is 193 Å². The van der Waals surface area contributed by atoms with Gasteiger partial charge in [-0.1, -0.05) is 12.1 Å². The van der Waals surface area contributed by atoms with Gasteiger partial charge in [0.15, 0.2) is 0 Å². The Morgan fingerprint density at radius 2 is 1.27 bits per heavy atom. The molecule has 1 aromatic heterocycles. The zero-order valence-corrected chi connectivity index (χ0v) is 27.5. The van der Waals surface area contributed by atoms with Crippen LogP contribution in [0.3, 0.4) is 0 Å². The molecular formula is C31H55N11O3. The number of nitrogens with zero attached hydrogens (tertiary/aromatic N) is 9. The smallest absolute Gasteiger partial charge is 0.233 e. The lowest BCUT2D eigenvalue weighted by Crippen LogP contribution is -2.51. The maximum Gasteiger partial charge on any atom is 0.233 e. The summed E-state index contributed by atoms with van der Waals surface area (Å²) in [5, 5.41) is 35.7. The Bertz CT molecular complexity index is 1120. The number of hydrogen-bond donors (Lipinski definition) is 5. The predicted octanol–water partition coefficient (Wildman–Crippen LogP) is -0.852. The normalized spacial score (nSPS) is 20.9. The van der Waals surface area contributed by atoms with Crippen LogP contribution in [0.25, 0.3) is 0 Å². The maximum atomic E-state index is 9.97. The van der Waals surface area contributed by atoms with E-state index in [-0.39, 0.29) is 25.9 Å². The van der Waals surface area contributed by atoms with Gasteiger partial charge in [-0.15, -0.1) is 0 Å². The summed E-state index contributed by atoms with van der Waals surface area (Å²) < 4.78 is 0. The van der Waals surface area contributed by atoms with Crippen molar-refractivity contribution in [2.75, 3.05) is 148 Å². The van der Waals surface area contributed by atoms with Crippen LogP contribution in [0.2, 0.25) is 0 Å². The Hall–Kier alpha value is -2.69.